The summed E-state index contributed by atoms with van der Waals surface area (Å²) in [4.78, 5) is 1.34. The van der Waals surface area contributed by atoms with Gasteiger partial charge in [0.05, 0.1) is 18.0 Å². The van der Waals surface area contributed by atoms with Crippen LogP contribution < -0.4 is 5.32 Å². The maximum atomic E-state index is 6.04. The van der Waals surface area contributed by atoms with E-state index in [0.29, 0.717) is 5.25 Å². The molecule has 2 atom stereocenters. The molecule has 1 fully saturated rings. The van der Waals surface area contributed by atoms with Gasteiger partial charge in [-0.05, 0) is 53.1 Å². The molecule has 2 aliphatic rings. The van der Waals surface area contributed by atoms with Gasteiger partial charge in [0, 0.05) is 21.6 Å². The van der Waals surface area contributed by atoms with Crippen molar-refractivity contribution >= 4 is 34.4 Å². The first-order valence-electron chi connectivity index (χ1n) is 7.45. The Balaban J connectivity index is 1.83. The third-order valence-electron chi connectivity index (χ3n) is 3.74. The minimum atomic E-state index is 0.244. The van der Waals surface area contributed by atoms with Crippen LogP contribution in [-0.4, -0.2) is 31.1 Å². The van der Waals surface area contributed by atoms with Crippen LogP contribution in [0.25, 0.3) is 0 Å². The Bertz CT molecular complexity index is 537. The van der Waals surface area contributed by atoms with Crippen molar-refractivity contribution in [2.24, 2.45) is 0 Å². The zero-order valence-corrected chi connectivity index (χ0v) is 14.9. The first-order chi connectivity index (χ1) is 10.3. The molecule has 1 aliphatic carbocycles. The molecule has 1 aromatic rings. The van der Waals surface area contributed by atoms with Crippen molar-refractivity contribution in [3.8, 4) is 0 Å². The largest absolute Gasteiger partial charge is 0.374 e. The highest BCUT2D eigenvalue weighted by Crippen LogP contribution is 2.36. The van der Waals surface area contributed by atoms with Gasteiger partial charge in [-0.2, -0.15) is 0 Å². The van der Waals surface area contributed by atoms with Crippen molar-refractivity contribution in [1.82, 2.24) is 5.32 Å². The highest BCUT2D eigenvalue weighted by Gasteiger charge is 2.28. The van der Waals surface area contributed by atoms with E-state index in [1.807, 2.05) is 11.8 Å². The molecule has 0 radical (unpaired) electrons. The number of hydrogen-bond acceptors (Lipinski definition) is 3. The van der Waals surface area contributed by atoms with Crippen molar-refractivity contribution in [3.05, 3.63) is 51.6 Å². The van der Waals surface area contributed by atoms with E-state index in [9.17, 15) is 0 Å². The molecule has 0 bridgehead atoms. The van der Waals surface area contributed by atoms with Gasteiger partial charge in [-0.25, -0.2) is 0 Å². The number of nitrogens with one attached hydrogen (secondary N) is 1. The number of thioether (sulfide) groups is 1. The fourth-order valence-corrected chi connectivity index (χ4v) is 4.68. The zero-order valence-electron chi connectivity index (χ0n) is 11.9. The summed E-state index contributed by atoms with van der Waals surface area (Å²) >= 11 is 4.36. The Morgan fingerprint density at radius 2 is 2.19 bits per heavy atom. The maximum Gasteiger partial charge on any atom is 0.0862 e. The molecule has 3 rings (SSSR count). The first kappa shape index (κ1) is 15.6. The van der Waals surface area contributed by atoms with Gasteiger partial charge in [0.15, 0.2) is 0 Å². The summed E-state index contributed by atoms with van der Waals surface area (Å²) in [6.07, 6.45) is 9.51. The lowest BCUT2D eigenvalue weighted by molar-refractivity contribution is 0.0330. The van der Waals surface area contributed by atoms with Crippen LogP contribution in [-0.2, 0) is 4.74 Å². The summed E-state index contributed by atoms with van der Waals surface area (Å²) in [5.41, 5.74) is 1.42. The van der Waals surface area contributed by atoms with Crippen LogP contribution in [0, 0.1) is 3.57 Å². The maximum absolute atomic E-state index is 6.04. The van der Waals surface area contributed by atoms with E-state index in [4.69, 9.17) is 4.74 Å². The molecule has 1 aromatic carbocycles. The normalized spacial score (nSPS) is 23.7. The molecule has 4 heteroatoms. The second kappa shape index (κ2) is 7.81. The van der Waals surface area contributed by atoms with Crippen LogP contribution in [0.2, 0.25) is 0 Å². The SMILES string of the molecule is Ic1ccccc1S[C@@H](C1=CCCC=C1)[C@@H]1CNCCO1. The molecule has 1 saturated heterocycles. The van der Waals surface area contributed by atoms with Crippen molar-refractivity contribution in [2.75, 3.05) is 19.7 Å². The lowest BCUT2D eigenvalue weighted by atomic mass is 10.0. The first-order valence-corrected chi connectivity index (χ1v) is 9.40. The van der Waals surface area contributed by atoms with Crippen molar-refractivity contribution in [3.63, 3.8) is 0 Å². The molecule has 0 aromatic heterocycles. The molecule has 21 heavy (non-hydrogen) atoms. The fraction of sp³-hybridized carbons (Fsp3) is 0.412. The van der Waals surface area contributed by atoms with Crippen LogP contribution in [0.4, 0.5) is 0 Å². The van der Waals surface area contributed by atoms with Gasteiger partial charge in [-0.3, -0.25) is 0 Å². The molecular formula is C17H20INOS. The van der Waals surface area contributed by atoms with E-state index >= 15 is 0 Å². The van der Waals surface area contributed by atoms with E-state index < -0.39 is 0 Å². The zero-order chi connectivity index (χ0) is 14.5. The van der Waals surface area contributed by atoms with E-state index in [1.165, 1.54) is 14.0 Å². The minimum absolute atomic E-state index is 0.244. The summed E-state index contributed by atoms with van der Waals surface area (Å²) in [5.74, 6) is 0. The minimum Gasteiger partial charge on any atom is -0.374 e. The number of morpholine rings is 1. The van der Waals surface area contributed by atoms with Gasteiger partial charge in [0.1, 0.15) is 0 Å². The highest BCUT2D eigenvalue weighted by atomic mass is 127. The average molecular weight is 413 g/mol. The number of ether oxygens (including phenoxy) is 1. The predicted octanol–water partition coefficient (Wildman–Crippen LogP) is 4.02. The topological polar surface area (TPSA) is 21.3 Å². The molecule has 112 valence electrons. The highest BCUT2D eigenvalue weighted by molar-refractivity contribution is 14.1. The molecule has 1 N–H and O–H groups in total. The second-order valence-electron chi connectivity index (χ2n) is 5.27. The quantitative estimate of drug-likeness (QED) is 0.595. The predicted molar refractivity (Wildman–Crippen MR) is 97.9 cm³/mol. The number of rotatable bonds is 4. The summed E-state index contributed by atoms with van der Waals surface area (Å²) in [5, 5.41) is 3.83. The Labute approximate surface area is 144 Å². The number of halogens is 1. The van der Waals surface area contributed by atoms with Gasteiger partial charge in [-0.1, -0.05) is 30.4 Å². The Kier molecular flexibility index (Phi) is 5.80. The molecule has 0 unspecified atom stereocenters. The van der Waals surface area contributed by atoms with Gasteiger partial charge in [0.25, 0.3) is 0 Å². The summed E-state index contributed by atoms with van der Waals surface area (Å²) in [6.45, 7) is 2.71. The standard InChI is InChI=1S/C17H20INOS/c18-14-8-4-5-9-16(14)21-17(13-6-2-1-3-7-13)15-12-19-10-11-20-15/h2,4-9,15,17,19H,1,3,10-12H2/t15-,17-/m0/s1. The van der Waals surface area contributed by atoms with E-state index in [1.54, 1.807) is 0 Å². The van der Waals surface area contributed by atoms with E-state index in [2.05, 4.69) is 70.4 Å². The molecule has 0 amide bonds. The van der Waals surface area contributed by atoms with Crippen molar-refractivity contribution in [1.29, 1.82) is 0 Å². The Morgan fingerprint density at radius 1 is 1.29 bits per heavy atom. The van der Waals surface area contributed by atoms with Crippen LogP contribution in [0.1, 0.15) is 12.8 Å². The molecule has 0 saturated carbocycles. The fourth-order valence-electron chi connectivity index (χ4n) is 2.66. The van der Waals surface area contributed by atoms with Gasteiger partial charge >= 0.3 is 0 Å². The third-order valence-corrected chi connectivity index (χ3v) is 6.48. The van der Waals surface area contributed by atoms with Gasteiger partial charge < -0.3 is 10.1 Å². The van der Waals surface area contributed by atoms with E-state index in [0.717, 1.165) is 32.5 Å². The van der Waals surface area contributed by atoms with Gasteiger partial charge in [0.2, 0.25) is 0 Å². The number of hydrogen-bond donors (Lipinski definition) is 1. The van der Waals surface area contributed by atoms with Crippen LogP contribution in [0.5, 0.6) is 0 Å². The number of benzene rings is 1. The van der Waals surface area contributed by atoms with Crippen molar-refractivity contribution in [2.45, 2.75) is 29.1 Å². The molecule has 0 spiro atoms. The lowest BCUT2D eigenvalue weighted by Gasteiger charge is -2.32. The number of allylic oxidation sites excluding steroid dienone is 3. The Morgan fingerprint density at radius 3 is 2.90 bits per heavy atom. The average Bonchev–Trinajstić information content (AvgIpc) is 2.56. The van der Waals surface area contributed by atoms with Gasteiger partial charge in [-0.15, -0.1) is 11.8 Å². The summed E-state index contributed by atoms with van der Waals surface area (Å²) in [7, 11) is 0. The third kappa shape index (κ3) is 4.12. The molecular weight excluding hydrogens is 393 g/mol. The molecule has 2 nitrogen and oxygen atoms in total. The van der Waals surface area contributed by atoms with Crippen molar-refractivity contribution < 1.29 is 4.74 Å². The summed E-state index contributed by atoms with van der Waals surface area (Å²) in [6, 6.07) is 8.60. The molecule has 1 heterocycles. The van der Waals surface area contributed by atoms with Crippen LogP contribution >= 0.6 is 34.4 Å². The van der Waals surface area contributed by atoms with Crippen LogP contribution in [0.15, 0.2) is 53.0 Å². The Hall–Kier alpha value is -0.300. The lowest BCUT2D eigenvalue weighted by Crippen LogP contribution is -2.44. The smallest absolute Gasteiger partial charge is 0.0862 e. The van der Waals surface area contributed by atoms with E-state index in [-0.39, 0.29) is 6.10 Å². The molecule has 1 aliphatic heterocycles. The monoisotopic (exact) mass is 413 g/mol. The summed E-state index contributed by atoms with van der Waals surface area (Å²) < 4.78 is 7.36. The van der Waals surface area contributed by atoms with Crippen LogP contribution in [0.3, 0.4) is 0 Å². The second-order valence-corrected chi connectivity index (χ2v) is 7.61.